The van der Waals surface area contributed by atoms with Crippen LogP contribution in [0.2, 0.25) is 0 Å². The molecule has 0 saturated carbocycles. The number of nitriles is 1. The third kappa shape index (κ3) is 3.97. The summed E-state index contributed by atoms with van der Waals surface area (Å²) < 4.78 is 5.51. The van der Waals surface area contributed by atoms with Crippen LogP contribution in [0.15, 0.2) is 24.3 Å². The molecule has 0 spiro atoms. The van der Waals surface area contributed by atoms with Gasteiger partial charge in [-0.2, -0.15) is 5.26 Å². The summed E-state index contributed by atoms with van der Waals surface area (Å²) in [5.74, 6) is 0.258. The summed E-state index contributed by atoms with van der Waals surface area (Å²) in [6.07, 6.45) is -0.673. The van der Waals surface area contributed by atoms with Gasteiger partial charge in [0.25, 0.3) is 5.91 Å². The van der Waals surface area contributed by atoms with Crippen LogP contribution in [0.4, 0.5) is 0 Å². The van der Waals surface area contributed by atoms with Crippen molar-refractivity contribution in [2.45, 2.75) is 26.0 Å². The first-order valence-electron chi connectivity index (χ1n) is 6.04. The molecule has 0 heterocycles. The van der Waals surface area contributed by atoms with E-state index in [0.717, 1.165) is 0 Å². The van der Waals surface area contributed by atoms with Crippen LogP contribution in [0, 0.1) is 11.3 Å². The molecule has 0 aliphatic carbocycles. The molecule has 0 saturated heterocycles. The van der Waals surface area contributed by atoms with Crippen molar-refractivity contribution in [2.75, 3.05) is 13.7 Å². The molecule has 1 N–H and O–H groups in total. The number of likely N-dealkylation sites (N-methyl/N-ethyl adjacent to an activating group) is 1. The van der Waals surface area contributed by atoms with Gasteiger partial charge in [0.1, 0.15) is 5.75 Å². The minimum absolute atomic E-state index is 0.0983. The van der Waals surface area contributed by atoms with Crippen molar-refractivity contribution in [3.05, 3.63) is 29.8 Å². The Morgan fingerprint density at radius 2 is 2.21 bits per heavy atom. The minimum atomic E-state index is -0.673. The number of hydrogen-bond donors (Lipinski definition) is 1. The monoisotopic (exact) mass is 262 g/mol. The van der Waals surface area contributed by atoms with E-state index >= 15 is 0 Å². The number of aliphatic hydroxyl groups is 1. The standard InChI is InChI=1S/C14H18N2O3/c1-10(9-17)16(3)14(18)11(2)19-13-6-4-5-12(7-13)8-15/h4-7,10-11,17H,9H2,1-3H3/t10-,11+/m0/s1. The number of benzene rings is 1. The van der Waals surface area contributed by atoms with Gasteiger partial charge in [0.15, 0.2) is 6.10 Å². The highest BCUT2D eigenvalue weighted by molar-refractivity contribution is 5.80. The van der Waals surface area contributed by atoms with E-state index < -0.39 is 6.10 Å². The lowest BCUT2D eigenvalue weighted by Gasteiger charge is -2.26. The Morgan fingerprint density at radius 3 is 2.79 bits per heavy atom. The van der Waals surface area contributed by atoms with Crippen LogP contribution >= 0.6 is 0 Å². The van der Waals surface area contributed by atoms with E-state index in [9.17, 15) is 4.79 Å². The zero-order valence-corrected chi connectivity index (χ0v) is 11.3. The second kappa shape index (κ2) is 6.76. The van der Waals surface area contributed by atoms with Crippen LogP contribution < -0.4 is 4.74 Å². The Hall–Kier alpha value is -2.06. The van der Waals surface area contributed by atoms with E-state index in [0.29, 0.717) is 11.3 Å². The Bertz CT molecular complexity index is 482. The molecule has 0 aliphatic heterocycles. The smallest absolute Gasteiger partial charge is 0.263 e. The fraction of sp³-hybridized carbons (Fsp3) is 0.429. The third-order valence-electron chi connectivity index (χ3n) is 2.90. The zero-order chi connectivity index (χ0) is 14.4. The van der Waals surface area contributed by atoms with Crippen molar-refractivity contribution in [1.29, 1.82) is 5.26 Å². The van der Waals surface area contributed by atoms with Crippen molar-refractivity contribution < 1.29 is 14.6 Å². The second-order valence-corrected chi connectivity index (χ2v) is 4.38. The molecular formula is C14H18N2O3. The van der Waals surface area contributed by atoms with E-state index in [1.54, 1.807) is 45.2 Å². The Kier molecular flexibility index (Phi) is 5.34. The molecule has 102 valence electrons. The molecule has 1 rings (SSSR count). The molecule has 0 unspecified atom stereocenters. The maximum absolute atomic E-state index is 12.0. The summed E-state index contributed by atoms with van der Waals surface area (Å²) in [6.45, 7) is 3.29. The zero-order valence-electron chi connectivity index (χ0n) is 11.3. The van der Waals surface area contributed by atoms with Gasteiger partial charge in [-0.1, -0.05) is 6.07 Å². The van der Waals surface area contributed by atoms with Crippen molar-refractivity contribution in [2.24, 2.45) is 0 Å². The van der Waals surface area contributed by atoms with Gasteiger partial charge in [0.2, 0.25) is 0 Å². The predicted molar refractivity (Wildman–Crippen MR) is 70.6 cm³/mol. The summed E-state index contributed by atoms with van der Waals surface area (Å²) >= 11 is 0. The van der Waals surface area contributed by atoms with Gasteiger partial charge in [-0.25, -0.2) is 0 Å². The lowest BCUT2D eigenvalue weighted by molar-refractivity contribution is -0.139. The molecule has 0 aromatic heterocycles. The van der Waals surface area contributed by atoms with Gasteiger partial charge in [0.05, 0.1) is 24.3 Å². The number of amides is 1. The topological polar surface area (TPSA) is 73.6 Å². The Labute approximate surface area is 113 Å². The number of hydrogen-bond acceptors (Lipinski definition) is 4. The molecule has 1 aromatic carbocycles. The van der Waals surface area contributed by atoms with Crippen molar-refractivity contribution >= 4 is 5.91 Å². The molecule has 19 heavy (non-hydrogen) atoms. The average Bonchev–Trinajstić information content (AvgIpc) is 2.44. The summed E-state index contributed by atoms with van der Waals surface area (Å²) in [4.78, 5) is 13.5. The average molecular weight is 262 g/mol. The van der Waals surface area contributed by atoms with E-state index in [2.05, 4.69) is 0 Å². The van der Waals surface area contributed by atoms with Gasteiger partial charge in [-0.05, 0) is 32.0 Å². The summed E-state index contributed by atoms with van der Waals surface area (Å²) in [5, 5.41) is 17.8. The molecule has 0 aliphatic rings. The maximum atomic E-state index is 12.0. The number of carbonyl (C=O) groups is 1. The van der Waals surface area contributed by atoms with Crippen LogP contribution in [-0.2, 0) is 4.79 Å². The van der Waals surface area contributed by atoms with Crippen molar-refractivity contribution in [3.8, 4) is 11.8 Å². The van der Waals surface area contributed by atoms with E-state index in [1.807, 2.05) is 6.07 Å². The number of nitrogens with zero attached hydrogens (tertiary/aromatic N) is 2. The fourth-order valence-corrected chi connectivity index (χ4v) is 1.52. The molecule has 2 atom stereocenters. The summed E-state index contributed by atoms with van der Waals surface area (Å²) in [6, 6.07) is 8.39. The molecule has 0 radical (unpaired) electrons. The quantitative estimate of drug-likeness (QED) is 0.864. The number of aliphatic hydroxyl groups excluding tert-OH is 1. The van der Waals surface area contributed by atoms with Crippen molar-refractivity contribution in [3.63, 3.8) is 0 Å². The van der Waals surface area contributed by atoms with Crippen LogP contribution in [0.25, 0.3) is 0 Å². The van der Waals surface area contributed by atoms with Crippen LogP contribution in [0.3, 0.4) is 0 Å². The molecular weight excluding hydrogens is 244 g/mol. The number of ether oxygens (including phenoxy) is 1. The Morgan fingerprint density at radius 1 is 1.53 bits per heavy atom. The molecule has 1 amide bonds. The van der Waals surface area contributed by atoms with E-state index in [1.165, 1.54) is 4.90 Å². The van der Waals surface area contributed by atoms with Crippen LogP contribution in [0.5, 0.6) is 5.75 Å². The fourth-order valence-electron chi connectivity index (χ4n) is 1.52. The first kappa shape index (κ1) is 15.0. The van der Waals surface area contributed by atoms with E-state index in [4.69, 9.17) is 15.1 Å². The van der Waals surface area contributed by atoms with Gasteiger partial charge in [-0.15, -0.1) is 0 Å². The van der Waals surface area contributed by atoms with Gasteiger partial charge in [-0.3, -0.25) is 4.79 Å². The lowest BCUT2D eigenvalue weighted by Crippen LogP contribution is -2.44. The van der Waals surface area contributed by atoms with Crippen molar-refractivity contribution in [1.82, 2.24) is 4.90 Å². The Balaban J connectivity index is 2.71. The highest BCUT2D eigenvalue weighted by atomic mass is 16.5. The van der Waals surface area contributed by atoms with Gasteiger partial charge in [0, 0.05) is 7.05 Å². The van der Waals surface area contributed by atoms with E-state index in [-0.39, 0.29) is 18.6 Å². The van der Waals surface area contributed by atoms with Gasteiger partial charge < -0.3 is 14.7 Å². The predicted octanol–water partition coefficient (Wildman–Crippen LogP) is 1.16. The molecule has 5 heteroatoms. The van der Waals surface area contributed by atoms with Crippen LogP contribution in [0.1, 0.15) is 19.4 Å². The van der Waals surface area contributed by atoms with Gasteiger partial charge >= 0.3 is 0 Å². The third-order valence-corrected chi connectivity index (χ3v) is 2.90. The minimum Gasteiger partial charge on any atom is -0.481 e. The normalized spacial score (nSPS) is 13.2. The molecule has 0 fully saturated rings. The summed E-state index contributed by atoms with van der Waals surface area (Å²) in [7, 11) is 1.62. The molecule has 0 bridgehead atoms. The lowest BCUT2D eigenvalue weighted by atomic mass is 10.2. The first-order valence-corrected chi connectivity index (χ1v) is 6.04. The number of carbonyl (C=O) groups excluding carboxylic acids is 1. The van der Waals surface area contributed by atoms with Crippen LogP contribution in [-0.4, -0.2) is 41.7 Å². The SMILES string of the molecule is C[C@@H](Oc1cccc(C#N)c1)C(=O)N(C)[C@@H](C)CO. The maximum Gasteiger partial charge on any atom is 0.263 e. The number of rotatable bonds is 5. The second-order valence-electron chi connectivity index (χ2n) is 4.38. The molecule has 1 aromatic rings. The highest BCUT2D eigenvalue weighted by Gasteiger charge is 2.22. The first-order chi connectivity index (χ1) is 8.99. The highest BCUT2D eigenvalue weighted by Crippen LogP contribution is 2.15. The largest absolute Gasteiger partial charge is 0.481 e. The summed E-state index contributed by atoms with van der Waals surface area (Å²) in [5.41, 5.74) is 0.481. The molecule has 5 nitrogen and oxygen atoms in total.